The summed E-state index contributed by atoms with van der Waals surface area (Å²) in [6.07, 6.45) is 5.99. The quantitative estimate of drug-likeness (QED) is 0.520. The molecule has 4 rings (SSSR count). The van der Waals surface area contributed by atoms with Gasteiger partial charge in [0, 0.05) is 30.1 Å². The summed E-state index contributed by atoms with van der Waals surface area (Å²) in [5, 5.41) is 17.1. The fraction of sp³-hybridized carbons (Fsp3) is 0.304. The maximum absolute atomic E-state index is 13.1. The Morgan fingerprint density at radius 2 is 2.00 bits per heavy atom. The third-order valence-corrected chi connectivity index (χ3v) is 5.34. The first-order valence-corrected chi connectivity index (χ1v) is 10.1. The van der Waals surface area contributed by atoms with Gasteiger partial charge in [0.25, 0.3) is 6.43 Å². The molecule has 31 heavy (non-hydrogen) atoms. The van der Waals surface area contributed by atoms with Gasteiger partial charge in [0.2, 0.25) is 0 Å². The molecule has 1 aromatic heterocycles. The van der Waals surface area contributed by atoms with E-state index in [4.69, 9.17) is 15.6 Å². The number of hydrogen-bond acceptors (Lipinski definition) is 5. The van der Waals surface area contributed by atoms with Crippen LogP contribution in [0.4, 0.5) is 14.5 Å². The molecule has 0 atom stereocenters. The Labute approximate surface area is 179 Å². The van der Waals surface area contributed by atoms with E-state index in [-0.39, 0.29) is 17.2 Å². The maximum Gasteiger partial charge on any atom is 0.265 e. The molecule has 6 nitrogen and oxygen atoms in total. The lowest BCUT2D eigenvalue weighted by Gasteiger charge is -2.25. The fourth-order valence-corrected chi connectivity index (χ4v) is 3.64. The number of fused-ring (bicyclic) bond motifs is 1. The predicted molar refractivity (Wildman–Crippen MR) is 117 cm³/mol. The summed E-state index contributed by atoms with van der Waals surface area (Å²) in [5.74, 6) is 0.398. The molecule has 0 aliphatic carbocycles. The van der Waals surface area contributed by atoms with Crippen molar-refractivity contribution in [2.75, 3.05) is 13.2 Å². The highest BCUT2D eigenvalue weighted by atomic mass is 19.3. The van der Waals surface area contributed by atoms with Gasteiger partial charge in [-0.05, 0) is 54.2 Å². The molecule has 0 saturated heterocycles. The van der Waals surface area contributed by atoms with Crippen LogP contribution in [0.25, 0.3) is 11.1 Å². The van der Waals surface area contributed by atoms with E-state index < -0.39 is 6.43 Å². The molecule has 2 aliphatic heterocycles. The number of ether oxygens (including phenoxy) is 1. The molecule has 0 spiro atoms. The van der Waals surface area contributed by atoms with E-state index >= 15 is 0 Å². The number of allylic oxidation sites excluding steroid dienone is 1. The number of aromatic nitrogens is 1. The van der Waals surface area contributed by atoms with Gasteiger partial charge in [-0.2, -0.15) is 0 Å². The third-order valence-electron chi connectivity index (χ3n) is 5.34. The van der Waals surface area contributed by atoms with Gasteiger partial charge in [-0.25, -0.2) is 8.78 Å². The molecule has 2 N–H and O–H groups in total. The largest absolute Gasteiger partial charge is 0.381 e. The van der Waals surface area contributed by atoms with Gasteiger partial charge in [0.15, 0.2) is 0 Å². The molecule has 0 bridgehead atoms. The van der Waals surface area contributed by atoms with Crippen molar-refractivity contribution in [2.24, 2.45) is 4.99 Å². The zero-order chi connectivity index (χ0) is 21.8. The Morgan fingerprint density at radius 3 is 2.84 bits per heavy atom. The number of halogens is 2. The average Bonchev–Trinajstić information content (AvgIpc) is 2.91. The highest BCUT2D eigenvalue weighted by Gasteiger charge is 2.22. The van der Waals surface area contributed by atoms with Crippen LogP contribution < -0.4 is 0 Å². The van der Waals surface area contributed by atoms with E-state index in [1.54, 1.807) is 17.2 Å². The number of rotatable bonds is 3. The van der Waals surface area contributed by atoms with Crippen LogP contribution in [0.15, 0.2) is 53.3 Å². The van der Waals surface area contributed by atoms with Crippen LogP contribution >= 0.6 is 0 Å². The van der Waals surface area contributed by atoms with Crippen molar-refractivity contribution < 1.29 is 13.5 Å². The minimum Gasteiger partial charge on any atom is -0.381 e. The summed E-state index contributed by atoms with van der Waals surface area (Å²) in [6, 6.07) is 6.91. The number of alkyl halides is 2. The zero-order valence-electron chi connectivity index (χ0n) is 16.9. The smallest absolute Gasteiger partial charge is 0.265 e. The van der Waals surface area contributed by atoms with Crippen molar-refractivity contribution in [3.63, 3.8) is 0 Å². The number of nitrogens with zero attached hydrogens (tertiary/aromatic N) is 3. The van der Waals surface area contributed by atoms with Crippen LogP contribution in [0.5, 0.6) is 0 Å². The van der Waals surface area contributed by atoms with Crippen molar-refractivity contribution in [2.45, 2.75) is 32.2 Å². The maximum atomic E-state index is 13.1. The normalized spacial score (nSPS) is 18.6. The molecule has 0 saturated carbocycles. The van der Waals surface area contributed by atoms with Crippen molar-refractivity contribution in [1.82, 2.24) is 9.88 Å². The van der Waals surface area contributed by atoms with Gasteiger partial charge in [0.1, 0.15) is 11.7 Å². The first-order valence-electron chi connectivity index (χ1n) is 10.1. The summed E-state index contributed by atoms with van der Waals surface area (Å²) in [7, 11) is 0. The molecule has 0 amide bonds. The SMILES string of the molecule is N=C1C=Nc2ccc(-c3cncc(C(F)F)c3)cc2CN1C(=N)/C1=C/CCCOCC1. The van der Waals surface area contributed by atoms with Crippen LogP contribution in [0.1, 0.15) is 36.8 Å². The fourth-order valence-electron chi connectivity index (χ4n) is 3.64. The van der Waals surface area contributed by atoms with Gasteiger partial charge < -0.3 is 9.64 Å². The van der Waals surface area contributed by atoms with Gasteiger partial charge in [-0.3, -0.25) is 20.8 Å². The minimum atomic E-state index is -2.59. The number of aliphatic imine (C=N–C) groups is 1. The van der Waals surface area contributed by atoms with E-state index in [0.717, 1.165) is 36.1 Å². The zero-order valence-corrected chi connectivity index (χ0v) is 16.9. The number of hydrogen-bond donors (Lipinski definition) is 2. The average molecular weight is 423 g/mol. The van der Waals surface area contributed by atoms with Gasteiger partial charge in [-0.15, -0.1) is 0 Å². The Hall–Kier alpha value is -3.26. The molecule has 1 aromatic carbocycles. The Bertz CT molecular complexity index is 1060. The van der Waals surface area contributed by atoms with Crippen LogP contribution in [-0.4, -0.2) is 41.0 Å². The molecule has 0 fully saturated rings. The summed E-state index contributed by atoms with van der Waals surface area (Å²) in [5.41, 5.74) is 3.55. The standard InChI is InChI=1S/C23H23F2N5O/c24-22(25)18-10-17(11-28-12-18)16-4-5-20-19(9-16)14-30(21(26)13-29-20)23(27)15-3-1-2-7-31-8-6-15/h3-5,9-13,22,26-27H,1-2,6-8,14H2/b15-3+,26-21?,27-23?. The Kier molecular flexibility index (Phi) is 6.27. The molecule has 0 unspecified atom stereocenters. The second-order valence-electron chi connectivity index (χ2n) is 7.46. The summed E-state index contributed by atoms with van der Waals surface area (Å²) >= 11 is 0. The van der Waals surface area contributed by atoms with Crippen LogP contribution in [0, 0.1) is 10.8 Å². The van der Waals surface area contributed by atoms with E-state index in [9.17, 15) is 8.78 Å². The van der Waals surface area contributed by atoms with E-state index in [2.05, 4.69) is 16.1 Å². The summed E-state index contributed by atoms with van der Waals surface area (Å²) in [4.78, 5) is 9.94. The lowest BCUT2D eigenvalue weighted by Crippen LogP contribution is -2.37. The molecular weight excluding hydrogens is 400 g/mol. The Morgan fingerprint density at radius 1 is 1.13 bits per heavy atom. The summed E-state index contributed by atoms with van der Waals surface area (Å²) in [6.45, 7) is 1.57. The first-order chi connectivity index (χ1) is 15.0. The van der Waals surface area contributed by atoms with Crippen LogP contribution in [0.3, 0.4) is 0 Å². The van der Waals surface area contributed by atoms with E-state index in [0.29, 0.717) is 30.8 Å². The van der Waals surface area contributed by atoms with E-state index in [1.807, 2.05) is 12.1 Å². The molecule has 3 heterocycles. The lowest BCUT2D eigenvalue weighted by atomic mass is 10.0. The van der Waals surface area contributed by atoms with Gasteiger partial charge in [0.05, 0.1) is 25.1 Å². The summed E-state index contributed by atoms with van der Waals surface area (Å²) < 4.78 is 31.7. The third kappa shape index (κ3) is 4.74. The van der Waals surface area contributed by atoms with Crippen LogP contribution in [-0.2, 0) is 11.3 Å². The second-order valence-corrected chi connectivity index (χ2v) is 7.46. The van der Waals surface area contributed by atoms with Gasteiger partial charge >= 0.3 is 0 Å². The first kappa shape index (κ1) is 21.0. The molecule has 0 radical (unpaired) electrons. The van der Waals surface area contributed by atoms with Crippen molar-refractivity contribution in [1.29, 1.82) is 10.8 Å². The second kappa shape index (κ2) is 9.26. The highest BCUT2D eigenvalue weighted by molar-refractivity contribution is 6.33. The number of benzene rings is 1. The molecule has 2 aliphatic rings. The Balaban J connectivity index is 1.64. The topological polar surface area (TPSA) is 85.4 Å². The predicted octanol–water partition coefficient (Wildman–Crippen LogP) is 5.29. The van der Waals surface area contributed by atoms with Crippen LogP contribution in [0.2, 0.25) is 0 Å². The molecule has 8 heteroatoms. The van der Waals surface area contributed by atoms with Crippen molar-refractivity contribution >= 4 is 23.6 Å². The van der Waals surface area contributed by atoms with Crippen molar-refractivity contribution in [3.05, 3.63) is 59.4 Å². The molecule has 2 aromatic rings. The van der Waals surface area contributed by atoms with Gasteiger partial charge in [-0.1, -0.05) is 12.1 Å². The number of nitrogens with one attached hydrogen (secondary N) is 2. The minimum absolute atomic E-state index is 0.130. The van der Waals surface area contributed by atoms with Crippen molar-refractivity contribution in [3.8, 4) is 11.1 Å². The number of amidine groups is 2. The van der Waals surface area contributed by atoms with E-state index in [1.165, 1.54) is 18.5 Å². The highest BCUT2D eigenvalue weighted by Crippen LogP contribution is 2.31. The monoisotopic (exact) mass is 423 g/mol. The number of pyridine rings is 1. The molecular formula is C23H23F2N5O. The molecule has 160 valence electrons. The lowest BCUT2D eigenvalue weighted by molar-refractivity contribution is 0.133.